The third-order valence-corrected chi connectivity index (χ3v) is 3.23. The smallest absolute Gasteiger partial charge is 0.231 e. The van der Waals surface area contributed by atoms with Crippen molar-refractivity contribution in [1.29, 1.82) is 0 Å². The van der Waals surface area contributed by atoms with E-state index in [0.717, 1.165) is 22.8 Å². The van der Waals surface area contributed by atoms with E-state index in [9.17, 15) is 9.90 Å². The number of benzene rings is 1. The lowest BCUT2D eigenvalue weighted by molar-refractivity contribution is -0.301. The number of rotatable bonds is 3. The zero-order valence-electron chi connectivity index (χ0n) is 8.58. The maximum absolute atomic E-state index is 10.4. The van der Waals surface area contributed by atoms with Crippen LogP contribution in [0.4, 0.5) is 0 Å². The van der Waals surface area contributed by atoms with Crippen LogP contribution in [0.25, 0.3) is 16.8 Å². The third kappa shape index (κ3) is 1.64. The van der Waals surface area contributed by atoms with Crippen molar-refractivity contribution in [3.63, 3.8) is 0 Å². The van der Waals surface area contributed by atoms with Crippen molar-refractivity contribution in [2.24, 2.45) is 0 Å². The summed E-state index contributed by atoms with van der Waals surface area (Å²) in [6.07, 6.45) is 0. The fourth-order valence-electron chi connectivity index (χ4n) is 1.66. The van der Waals surface area contributed by atoms with E-state index < -0.39 is 5.97 Å². The Morgan fingerprint density at radius 1 is 1.47 bits per heavy atom. The summed E-state index contributed by atoms with van der Waals surface area (Å²) in [5.41, 5.74) is 1.74. The summed E-state index contributed by atoms with van der Waals surface area (Å²) >= 11 is 1.10. The van der Waals surface area contributed by atoms with Gasteiger partial charge in [0.2, 0.25) is 5.78 Å². The fraction of sp³-hybridized carbons (Fsp3) is 0.100. The highest BCUT2D eigenvalue weighted by molar-refractivity contribution is 7.99. The first-order valence-corrected chi connectivity index (χ1v) is 5.88. The summed E-state index contributed by atoms with van der Waals surface area (Å²) in [5, 5.41) is 17.8. The van der Waals surface area contributed by atoms with Gasteiger partial charge in [0.1, 0.15) is 0 Å². The second-order valence-electron chi connectivity index (χ2n) is 3.43. The van der Waals surface area contributed by atoms with Crippen molar-refractivity contribution in [2.75, 3.05) is 5.75 Å². The number of carboxylic acids is 1. The number of fused-ring (bicyclic) bond motifs is 3. The van der Waals surface area contributed by atoms with Crippen molar-refractivity contribution in [2.45, 2.75) is 5.16 Å². The van der Waals surface area contributed by atoms with Gasteiger partial charge in [-0.05, 0) is 12.1 Å². The van der Waals surface area contributed by atoms with Gasteiger partial charge in [-0.1, -0.05) is 23.9 Å². The molecule has 0 bridgehead atoms. The van der Waals surface area contributed by atoms with E-state index >= 15 is 0 Å². The molecule has 2 aromatic heterocycles. The summed E-state index contributed by atoms with van der Waals surface area (Å²) in [6.45, 7) is 0. The van der Waals surface area contributed by atoms with Crippen LogP contribution >= 0.6 is 11.8 Å². The summed E-state index contributed by atoms with van der Waals surface area (Å²) in [6, 6.07) is 7.60. The number of para-hydroxylation sites is 2. The molecule has 0 amide bonds. The predicted octanol–water partition coefficient (Wildman–Crippen LogP) is 0.0526. The molecule has 0 fully saturated rings. The molecule has 3 rings (SSSR count). The topological polar surface area (TPSA) is 86.1 Å². The Bertz CT molecular complexity index is 703. The lowest BCUT2D eigenvalue weighted by Gasteiger charge is -1.99. The van der Waals surface area contributed by atoms with E-state index in [1.807, 2.05) is 24.3 Å². The Morgan fingerprint density at radius 3 is 3.12 bits per heavy atom. The SMILES string of the molecule is O=C([O-])CSc1n[nH]c2nc3ccccc3n12. The molecule has 3 aromatic rings. The summed E-state index contributed by atoms with van der Waals surface area (Å²) in [5.74, 6) is -0.644. The number of hydrogen-bond donors (Lipinski definition) is 1. The predicted molar refractivity (Wildman–Crippen MR) is 60.6 cm³/mol. The van der Waals surface area contributed by atoms with Crippen molar-refractivity contribution >= 4 is 34.5 Å². The Labute approximate surface area is 99.7 Å². The molecule has 0 unspecified atom stereocenters. The van der Waals surface area contributed by atoms with E-state index in [0.29, 0.717) is 10.9 Å². The maximum atomic E-state index is 10.4. The Balaban J connectivity index is 2.15. The molecule has 0 atom stereocenters. The standard InChI is InChI=1S/C10H8N4O2S/c15-8(16)5-17-10-13-12-9-11-6-3-1-2-4-7(6)14(9)10/h1-4H,5H2,(H,11,12)(H,15,16)/p-1. The van der Waals surface area contributed by atoms with Gasteiger partial charge in [-0.25, -0.2) is 10.1 Å². The monoisotopic (exact) mass is 247 g/mol. The van der Waals surface area contributed by atoms with Gasteiger partial charge in [0.15, 0.2) is 5.16 Å². The molecule has 0 spiro atoms. The molecule has 1 N–H and O–H groups in total. The van der Waals surface area contributed by atoms with Gasteiger partial charge >= 0.3 is 0 Å². The van der Waals surface area contributed by atoms with Gasteiger partial charge in [-0.15, -0.1) is 5.10 Å². The van der Waals surface area contributed by atoms with Gasteiger partial charge in [0, 0.05) is 5.75 Å². The molecule has 7 heteroatoms. The molecule has 0 saturated heterocycles. The van der Waals surface area contributed by atoms with Crippen LogP contribution in [0.5, 0.6) is 0 Å². The van der Waals surface area contributed by atoms with Gasteiger partial charge < -0.3 is 9.90 Å². The highest BCUT2D eigenvalue weighted by Gasteiger charge is 2.11. The number of hydrogen-bond acceptors (Lipinski definition) is 5. The van der Waals surface area contributed by atoms with Crippen LogP contribution < -0.4 is 5.11 Å². The fourth-order valence-corrected chi connectivity index (χ4v) is 2.33. The van der Waals surface area contributed by atoms with E-state index in [-0.39, 0.29) is 5.75 Å². The van der Waals surface area contributed by atoms with Crippen molar-refractivity contribution in [3.8, 4) is 0 Å². The molecule has 0 saturated carbocycles. The Kier molecular flexibility index (Phi) is 2.25. The molecule has 86 valence electrons. The van der Waals surface area contributed by atoms with Crippen LogP contribution in [-0.2, 0) is 4.79 Å². The first kappa shape index (κ1) is 10.2. The van der Waals surface area contributed by atoms with Crippen molar-refractivity contribution in [3.05, 3.63) is 24.3 Å². The lowest BCUT2D eigenvalue weighted by atomic mass is 10.3. The summed E-state index contributed by atoms with van der Waals surface area (Å²) in [7, 11) is 0. The van der Waals surface area contributed by atoms with Gasteiger partial charge in [0.25, 0.3) is 0 Å². The van der Waals surface area contributed by atoms with Gasteiger partial charge in [-0.2, -0.15) is 0 Å². The third-order valence-electron chi connectivity index (χ3n) is 2.32. The number of H-pyrrole nitrogens is 1. The first-order valence-electron chi connectivity index (χ1n) is 4.90. The number of nitrogens with zero attached hydrogens (tertiary/aromatic N) is 3. The molecule has 0 aliphatic carbocycles. The van der Waals surface area contributed by atoms with Crippen molar-refractivity contribution in [1.82, 2.24) is 19.6 Å². The number of carbonyl (C=O) groups excluding carboxylic acids is 1. The summed E-state index contributed by atoms with van der Waals surface area (Å²) < 4.78 is 1.79. The Hall–Kier alpha value is -2.02. The quantitative estimate of drug-likeness (QED) is 0.661. The zero-order chi connectivity index (χ0) is 11.8. The number of aromatic amines is 1. The van der Waals surface area contributed by atoms with Crippen LogP contribution in [-0.4, -0.2) is 31.3 Å². The number of carbonyl (C=O) groups is 1. The highest BCUT2D eigenvalue weighted by atomic mass is 32.2. The zero-order valence-corrected chi connectivity index (χ0v) is 9.40. The number of aromatic nitrogens is 4. The average Bonchev–Trinajstić information content (AvgIpc) is 2.84. The number of imidazole rings is 1. The molecule has 1 aromatic carbocycles. The van der Waals surface area contributed by atoms with Crippen LogP contribution in [0.15, 0.2) is 29.4 Å². The van der Waals surface area contributed by atoms with E-state index in [2.05, 4.69) is 15.2 Å². The van der Waals surface area contributed by atoms with Gasteiger partial charge in [-0.3, -0.25) is 4.40 Å². The molecule has 17 heavy (non-hydrogen) atoms. The molecule has 2 heterocycles. The largest absolute Gasteiger partial charge is 0.549 e. The molecule has 6 nitrogen and oxygen atoms in total. The minimum atomic E-state index is -1.12. The molecule has 0 aliphatic heterocycles. The second kappa shape index (κ2) is 3.77. The normalized spacial score (nSPS) is 11.3. The maximum Gasteiger partial charge on any atom is 0.231 e. The molecular weight excluding hydrogens is 240 g/mol. The molecule has 0 aliphatic rings. The van der Waals surface area contributed by atoms with Crippen LogP contribution in [0.1, 0.15) is 0 Å². The van der Waals surface area contributed by atoms with E-state index in [4.69, 9.17) is 0 Å². The minimum Gasteiger partial charge on any atom is -0.549 e. The Morgan fingerprint density at radius 2 is 2.29 bits per heavy atom. The van der Waals surface area contributed by atoms with Crippen LogP contribution in [0, 0.1) is 0 Å². The van der Waals surface area contributed by atoms with Crippen LogP contribution in [0.2, 0.25) is 0 Å². The van der Waals surface area contributed by atoms with E-state index in [1.54, 1.807) is 4.40 Å². The molecular formula is C10H7N4O2S-. The highest BCUT2D eigenvalue weighted by Crippen LogP contribution is 2.22. The van der Waals surface area contributed by atoms with Gasteiger partial charge in [0.05, 0.1) is 17.0 Å². The number of nitrogens with one attached hydrogen (secondary N) is 1. The number of thioether (sulfide) groups is 1. The lowest BCUT2D eigenvalue weighted by Crippen LogP contribution is -2.24. The minimum absolute atomic E-state index is 0.132. The summed E-state index contributed by atoms with van der Waals surface area (Å²) in [4.78, 5) is 14.8. The van der Waals surface area contributed by atoms with Crippen molar-refractivity contribution < 1.29 is 9.90 Å². The van der Waals surface area contributed by atoms with Crippen LogP contribution in [0.3, 0.4) is 0 Å². The number of carboxylic acid groups (broad SMARTS) is 1. The average molecular weight is 247 g/mol. The molecule has 0 radical (unpaired) electrons. The number of aliphatic carboxylic acids is 1. The van der Waals surface area contributed by atoms with E-state index in [1.165, 1.54) is 0 Å². The first-order chi connectivity index (χ1) is 8.25. The second-order valence-corrected chi connectivity index (χ2v) is 4.37.